The van der Waals surface area contributed by atoms with Gasteiger partial charge in [0.15, 0.2) is 0 Å². The maximum Gasteiger partial charge on any atom is 0.0663 e. The van der Waals surface area contributed by atoms with Crippen molar-refractivity contribution in [3.8, 4) is 0 Å². The standard InChI is InChI=1S/C15H22ClNO2/c1-2-4-14-10-15(11-18,7-8-19-14)17-13-6-3-5-12(16)9-13/h3,5-6,9,14,17-18H,2,4,7-8,10-11H2,1H3. The third-order valence-electron chi connectivity index (χ3n) is 3.70. The van der Waals surface area contributed by atoms with E-state index in [4.69, 9.17) is 16.3 Å². The lowest BCUT2D eigenvalue weighted by atomic mass is 9.85. The van der Waals surface area contributed by atoms with Gasteiger partial charge in [-0.05, 0) is 37.5 Å². The van der Waals surface area contributed by atoms with Gasteiger partial charge in [-0.2, -0.15) is 0 Å². The minimum atomic E-state index is -0.289. The lowest BCUT2D eigenvalue weighted by molar-refractivity contribution is -0.0299. The van der Waals surface area contributed by atoms with Gasteiger partial charge < -0.3 is 15.2 Å². The molecule has 3 nitrogen and oxygen atoms in total. The lowest BCUT2D eigenvalue weighted by Gasteiger charge is -2.41. The molecule has 1 aliphatic rings. The molecule has 1 saturated heterocycles. The van der Waals surface area contributed by atoms with E-state index in [1.165, 1.54) is 0 Å². The van der Waals surface area contributed by atoms with Crippen LogP contribution in [0.15, 0.2) is 24.3 Å². The monoisotopic (exact) mass is 283 g/mol. The third-order valence-corrected chi connectivity index (χ3v) is 3.94. The van der Waals surface area contributed by atoms with E-state index in [1.807, 2.05) is 24.3 Å². The maximum atomic E-state index is 9.81. The Labute approximate surface area is 119 Å². The van der Waals surface area contributed by atoms with Crippen molar-refractivity contribution in [2.75, 3.05) is 18.5 Å². The van der Waals surface area contributed by atoms with Crippen LogP contribution in [0.2, 0.25) is 5.02 Å². The van der Waals surface area contributed by atoms with Gasteiger partial charge in [0, 0.05) is 17.3 Å². The molecule has 0 amide bonds. The largest absolute Gasteiger partial charge is 0.394 e. The highest BCUT2D eigenvalue weighted by Gasteiger charge is 2.36. The number of hydrogen-bond acceptors (Lipinski definition) is 3. The highest BCUT2D eigenvalue weighted by Crippen LogP contribution is 2.31. The number of ether oxygens (including phenoxy) is 1. The number of anilines is 1. The van der Waals surface area contributed by atoms with Crippen molar-refractivity contribution in [3.05, 3.63) is 29.3 Å². The summed E-state index contributed by atoms with van der Waals surface area (Å²) in [4.78, 5) is 0. The van der Waals surface area contributed by atoms with Gasteiger partial charge in [0.1, 0.15) is 0 Å². The summed E-state index contributed by atoms with van der Waals surface area (Å²) in [5.41, 5.74) is 0.668. The maximum absolute atomic E-state index is 9.81. The third kappa shape index (κ3) is 3.85. The zero-order chi connectivity index (χ0) is 13.7. The van der Waals surface area contributed by atoms with Crippen molar-refractivity contribution >= 4 is 17.3 Å². The van der Waals surface area contributed by atoms with Crippen LogP contribution in [-0.2, 0) is 4.74 Å². The zero-order valence-corrected chi connectivity index (χ0v) is 12.1. The highest BCUT2D eigenvalue weighted by atomic mass is 35.5. The number of hydrogen-bond donors (Lipinski definition) is 2. The Morgan fingerprint density at radius 1 is 1.53 bits per heavy atom. The van der Waals surface area contributed by atoms with E-state index in [0.717, 1.165) is 31.4 Å². The van der Waals surface area contributed by atoms with E-state index >= 15 is 0 Å². The first-order valence-electron chi connectivity index (χ1n) is 6.94. The van der Waals surface area contributed by atoms with Crippen molar-refractivity contribution in [3.63, 3.8) is 0 Å². The second-order valence-corrected chi connectivity index (χ2v) is 5.75. The minimum Gasteiger partial charge on any atom is -0.394 e. The van der Waals surface area contributed by atoms with Crippen LogP contribution in [0.5, 0.6) is 0 Å². The smallest absolute Gasteiger partial charge is 0.0663 e. The molecule has 106 valence electrons. The molecule has 1 aromatic rings. The van der Waals surface area contributed by atoms with E-state index in [1.54, 1.807) is 0 Å². The molecular formula is C15H22ClNO2. The molecule has 4 heteroatoms. The van der Waals surface area contributed by atoms with Crippen LogP contribution in [0, 0.1) is 0 Å². The van der Waals surface area contributed by atoms with Gasteiger partial charge in [0.2, 0.25) is 0 Å². The molecule has 0 spiro atoms. The molecule has 2 unspecified atom stereocenters. The van der Waals surface area contributed by atoms with Crippen molar-refractivity contribution in [2.24, 2.45) is 0 Å². The molecule has 1 aromatic carbocycles. The second-order valence-electron chi connectivity index (χ2n) is 5.31. The average molecular weight is 284 g/mol. The summed E-state index contributed by atoms with van der Waals surface area (Å²) in [6, 6.07) is 7.64. The number of nitrogens with one attached hydrogen (secondary N) is 1. The van der Waals surface area contributed by atoms with E-state index in [2.05, 4.69) is 12.2 Å². The van der Waals surface area contributed by atoms with Crippen LogP contribution in [-0.4, -0.2) is 30.0 Å². The van der Waals surface area contributed by atoms with Gasteiger partial charge in [-0.3, -0.25) is 0 Å². The molecule has 0 bridgehead atoms. The zero-order valence-electron chi connectivity index (χ0n) is 11.4. The Kier molecular flexibility index (Phi) is 5.08. The van der Waals surface area contributed by atoms with Gasteiger partial charge in [0.25, 0.3) is 0 Å². The van der Waals surface area contributed by atoms with Gasteiger partial charge in [-0.1, -0.05) is 31.0 Å². The fourth-order valence-corrected chi connectivity index (χ4v) is 2.88. The number of aliphatic hydroxyl groups excluding tert-OH is 1. The van der Waals surface area contributed by atoms with Gasteiger partial charge in [-0.15, -0.1) is 0 Å². The predicted molar refractivity (Wildman–Crippen MR) is 78.8 cm³/mol. The molecule has 0 saturated carbocycles. The molecule has 0 radical (unpaired) electrons. The Bertz CT molecular complexity index is 411. The summed E-state index contributed by atoms with van der Waals surface area (Å²) in [5, 5.41) is 14.0. The summed E-state index contributed by atoms with van der Waals surface area (Å²) in [6.07, 6.45) is 4.03. The van der Waals surface area contributed by atoms with Crippen molar-refractivity contribution in [1.82, 2.24) is 0 Å². The van der Waals surface area contributed by atoms with Crippen LogP contribution >= 0.6 is 11.6 Å². The molecule has 19 heavy (non-hydrogen) atoms. The summed E-state index contributed by atoms with van der Waals surface area (Å²) in [7, 11) is 0. The first kappa shape index (κ1) is 14.6. The topological polar surface area (TPSA) is 41.5 Å². The molecule has 0 aromatic heterocycles. The fraction of sp³-hybridized carbons (Fsp3) is 0.600. The summed E-state index contributed by atoms with van der Waals surface area (Å²) < 4.78 is 5.76. The van der Waals surface area contributed by atoms with E-state index < -0.39 is 0 Å². The van der Waals surface area contributed by atoms with Crippen LogP contribution < -0.4 is 5.32 Å². The Hall–Kier alpha value is -0.770. The van der Waals surface area contributed by atoms with E-state index in [0.29, 0.717) is 11.6 Å². The molecule has 1 fully saturated rings. The van der Waals surface area contributed by atoms with Crippen LogP contribution in [0.3, 0.4) is 0 Å². The first-order valence-corrected chi connectivity index (χ1v) is 7.31. The predicted octanol–water partition coefficient (Wildman–Crippen LogP) is 3.46. The molecule has 1 heterocycles. The number of aliphatic hydroxyl groups is 1. The molecule has 2 atom stereocenters. The fourth-order valence-electron chi connectivity index (χ4n) is 2.69. The van der Waals surface area contributed by atoms with Crippen LogP contribution in [0.25, 0.3) is 0 Å². The summed E-state index contributed by atoms with van der Waals surface area (Å²) in [6.45, 7) is 2.96. The van der Waals surface area contributed by atoms with Gasteiger partial charge in [-0.25, -0.2) is 0 Å². The Morgan fingerprint density at radius 2 is 2.37 bits per heavy atom. The van der Waals surface area contributed by atoms with Gasteiger partial charge in [0.05, 0.1) is 18.2 Å². The van der Waals surface area contributed by atoms with Crippen LogP contribution in [0.4, 0.5) is 5.69 Å². The number of rotatable bonds is 5. The number of benzene rings is 1. The molecule has 2 rings (SSSR count). The summed E-state index contributed by atoms with van der Waals surface area (Å²) in [5.74, 6) is 0. The van der Waals surface area contributed by atoms with Crippen LogP contribution in [0.1, 0.15) is 32.6 Å². The molecule has 2 N–H and O–H groups in total. The second kappa shape index (κ2) is 6.60. The first-order chi connectivity index (χ1) is 9.17. The molecule has 0 aliphatic carbocycles. The Morgan fingerprint density at radius 3 is 3.05 bits per heavy atom. The average Bonchev–Trinajstić information content (AvgIpc) is 2.39. The molecular weight excluding hydrogens is 262 g/mol. The molecule has 1 aliphatic heterocycles. The van der Waals surface area contributed by atoms with Crippen molar-refractivity contribution < 1.29 is 9.84 Å². The highest BCUT2D eigenvalue weighted by molar-refractivity contribution is 6.30. The Balaban J connectivity index is 2.09. The lowest BCUT2D eigenvalue weighted by Crippen LogP contribution is -2.49. The van der Waals surface area contributed by atoms with Gasteiger partial charge >= 0.3 is 0 Å². The SMILES string of the molecule is CCCC1CC(CO)(Nc2cccc(Cl)c2)CCO1. The number of halogens is 1. The summed E-state index contributed by atoms with van der Waals surface area (Å²) >= 11 is 6.00. The van der Waals surface area contributed by atoms with E-state index in [-0.39, 0.29) is 18.2 Å². The van der Waals surface area contributed by atoms with Crippen molar-refractivity contribution in [1.29, 1.82) is 0 Å². The normalized spacial score (nSPS) is 27.2. The minimum absolute atomic E-state index is 0.114. The van der Waals surface area contributed by atoms with Crippen molar-refractivity contribution in [2.45, 2.75) is 44.2 Å². The quantitative estimate of drug-likeness (QED) is 0.869. The van der Waals surface area contributed by atoms with E-state index in [9.17, 15) is 5.11 Å².